The zero-order chi connectivity index (χ0) is 21.3. The third-order valence-electron chi connectivity index (χ3n) is 4.15. The molecule has 3 rings (SSSR count). The second kappa shape index (κ2) is 8.08. The Bertz CT molecular complexity index is 1150. The molecule has 0 aliphatic rings. The van der Waals surface area contributed by atoms with Gasteiger partial charge in [-0.2, -0.15) is 0 Å². The number of aromatic nitrogens is 2. The molecular weight excluding hydrogens is 448 g/mol. The summed E-state index contributed by atoms with van der Waals surface area (Å²) in [6.07, 6.45) is 0. The Balaban J connectivity index is 2.49. The highest BCUT2D eigenvalue weighted by Crippen LogP contribution is 2.42. The van der Waals surface area contributed by atoms with Gasteiger partial charge in [0.25, 0.3) is 0 Å². The monoisotopic (exact) mass is 464 g/mol. The highest BCUT2D eigenvalue weighted by Gasteiger charge is 2.26. The van der Waals surface area contributed by atoms with Gasteiger partial charge in [-0.3, -0.25) is 0 Å². The van der Waals surface area contributed by atoms with Crippen LogP contribution in [0.2, 0.25) is 0 Å². The van der Waals surface area contributed by atoms with Crippen molar-refractivity contribution in [1.29, 1.82) is 0 Å². The van der Waals surface area contributed by atoms with Crippen LogP contribution >= 0.6 is 15.9 Å². The molecule has 29 heavy (non-hydrogen) atoms. The van der Waals surface area contributed by atoms with E-state index in [1.54, 1.807) is 19.9 Å². The number of nitrogens with zero attached hydrogens (tertiary/aromatic N) is 1. The average molecular weight is 465 g/mol. The molecule has 0 aliphatic carbocycles. The number of H-pyrrole nitrogens is 1. The Morgan fingerprint density at radius 1 is 1.14 bits per heavy atom. The summed E-state index contributed by atoms with van der Waals surface area (Å²) in [6.45, 7) is 3.61. The van der Waals surface area contributed by atoms with Crippen LogP contribution in [0.4, 0.5) is 0 Å². The number of methoxy groups -OCH3 is 1. The number of nitrogens with one attached hydrogen (secondary N) is 1. The van der Waals surface area contributed by atoms with E-state index in [0.29, 0.717) is 15.4 Å². The lowest BCUT2D eigenvalue weighted by Gasteiger charge is -2.13. The number of benzene rings is 1. The standard InChI is InChI=1S/C19H17BrN2O7/c1-4-28-18(25)8-6-10(17(23)24)21-15-12(8)14-9(13(20)16(15)27-3)7-11(22-14)19(26)29-5-2/h6-7,22H,4-5H2,1-3H3,(H,23,24). The van der Waals surface area contributed by atoms with Crippen molar-refractivity contribution in [3.8, 4) is 5.75 Å². The molecule has 9 nitrogen and oxygen atoms in total. The third kappa shape index (κ3) is 3.51. The van der Waals surface area contributed by atoms with Gasteiger partial charge in [-0.25, -0.2) is 19.4 Å². The number of fused-ring (bicyclic) bond motifs is 3. The highest BCUT2D eigenvalue weighted by atomic mass is 79.9. The van der Waals surface area contributed by atoms with Gasteiger partial charge in [0.15, 0.2) is 5.75 Å². The lowest BCUT2D eigenvalue weighted by molar-refractivity contribution is 0.0514. The third-order valence-corrected chi connectivity index (χ3v) is 4.94. The van der Waals surface area contributed by atoms with E-state index in [4.69, 9.17) is 14.2 Å². The first-order valence-corrected chi connectivity index (χ1v) is 9.43. The van der Waals surface area contributed by atoms with Gasteiger partial charge in [0, 0.05) is 10.8 Å². The van der Waals surface area contributed by atoms with E-state index < -0.39 is 17.9 Å². The highest BCUT2D eigenvalue weighted by molar-refractivity contribution is 9.10. The molecule has 0 saturated carbocycles. The van der Waals surface area contributed by atoms with Gasteiger partial charge in [0.1, 0.15) is 16.9 Å². The zero-order valence-corrected chi connectivity index (χ0v) is 17.4. The first-order valence-electron chi connectivity index (χ1n) is 8.64. The Morgan fingerprint density at radius 3 is 2.38 bits per heavy atom. The molecule has 0 fully saturated rings. The Kier molecular flexibility index (Phi) is 5.73. The number of esters is 2. The van der Waals surface area contributed by atoms with Gasteiger partial charge in [-0.1, -0.05) is 0 Å². The summed E-state index contributed by atoms with van der Waals surface area (Å²) in [5, 5.41) is 10.2. The molecule has 0 spiro atoms. The number of pyridine rings is 1. The molecule has 2 N–H and O–H groups in total. The normalized spacial score (nSPS) is 10.9. The van der Waals surface area contributed by atoms with Gasteiger partial charge in [0.05, 0.1) is 35.9 Å². The summed E-state index contributed by atoms with van der Waals surface area (Å²) in [7, 11) is 1.39. The van der Waals surface area contributed by atoms with Crippen LogP contribution in [0.3, 0.4) is 0 Å². The smallest absolute Gasteiger partial charge is 0.354 e. The summed E-state index contributed by atoms with van der Waals surface area (Å²) in [4.78, 5) is 43.5. The summed E-state index contributed by atoms with van der Waals surface area (Å²) in [5.74, 6) is -2.39. The number of ether oxygens (including phenoxy) is 3. The minimum atomic E-state index is -1.31. The second-order valence-electron chi connectivity index (χ2n) is 5.84. The van der Waals surface area contributed by atoms with Crippen LogP contribution in [0.25, 0.3) is 21.8 Å². The fourth-order valence-corrected chi connectivity index (χ4v) is 3.66. The maximum absolute atomic E-state index is 12.6. The van der Waals surface area contributed by atoms with E-state index >= 15 is 0 Å². The van der Waals surface area contributed by atoms with E-state index in [1.807, 2.05) is 0 Å². The molecule has 0 aliphatic heterocycles. The molecule has 0 bridgehead atoms. The van der Waals surface area contributed by atoms with Crippen LogP contribution in [0, 0.1) is 0 Å². The van der Waals surface area contributed by atoms with Gasteiger partial charge >= 0.3 is 17.9 Å². The van der Waals surface area contributed by atoms with Crippen molar-refractivity contribution in [2.45, 2.75) is 13.8 Å². The number of aromatic carboxylic acids is 1. The van der Waals surface area contributed by atoms with Gasteiger partial charge in [0.2, 0.25) is 0 Å². The van der Waals surface area contributed by atoms with Crippen molar-refractivity contribution < 1.29 is 33.7 Å². The van der Waals surface area contributed by atoms with Crippen LogP contribution in [0.15, 0.2) is 16.6 Å². The van der Waals surface area contributed by atoms with Gasteiger partial charge in [-0.05, 0) is 41.9 Å². The fraction of sp³-hybridized carbons (Fsp3) is 0.263. The Morgan fingerprint density at radius 2 is 1.79 bits per heavy atom. The first-order chi connectivity index (χ1) is 13.8. The molecule has 0 atom stereocenters. The van der Waals surface area contributed by atoms with Crippen molar-refractivity contribution in [2.75, 3.05) is 20.3 Å². The number of carboxylic acids is 1. The molecule has 1 aromatic carbocycles. The molecule has 0 saturated heterocycles. The second-order valence-corrected chi connectivity index (χ2v) is 6.64. The SMILES string of the molecule is CCOC(=O)c1cc2c(Br)c(OC)c3nc(C(=O)O)cc(C(=O)OCC)c3c2[nH]1. The zero-order valence-electron chi connectivity index (χ0n) is 15.8. The molecular formula is C19H17BrN2O7. The quantitative estimate of drug-likeness (QED) is 0.530. The number of aromatic amines is 1. The molecule has 2 aromatic heterocycles. The number of hydrogen-bond donors (Lipinski definition) is 2. The Labute approximate surface area is 173 Å². The minimum absolute atomic E-state index is 0.0118. The predicted octanol–water partition coefficient (Wildman–Crippen LogP) is 3.54. The van der Waals surface area contributed by atoms with Crippen molar-refractivity contribution in [3.05, 3.63) is 33.6 Å². The lowest BCUT2D eigenvalue weighted by Crippen LogP contribution is -2.10. The molecule has 0 radical (unpaired) electrons. The van der Waals surface area contributed by atoms with Gasteiger partial charge in [-0.15, -0.1) is 0 Å². The largest absolute Gasteiger partial charge is 0.493 e. The molecule has 3 aromatic rings. The van der Waals surface area contributed by atoms with E-state index in [2.05, 4.69) is 25.9 Å². The number of carbonyl (C=O) groups excluding carboxylic acids is 2. The maximum Gasteiger partial charge on any atom is 0.354 e. The van der Waals surface area contributed by atoms with Crippen molar-refractivity contribution in [1.82, 2.24) is 9.97 Å². The van der Waals surface area contributed by atoms with Crippen LogP contribution in [-0.2, 0) is 9.47 Å². The summed E-state index contributed by atoms with van der Waals surface area (Å²) in [6, 6.07) is 2.69. The van der Waals surface area contributed by atoms with E-state index in [-0.39, 0.29) is 46.8 Å². The summed E-state index contributed by atoms with van der Waals surface area (Å²) >= 11 is 3.42. The molecule has 2 heterocycles. The van der Waals surface area contributed by atoms with Crippen molar-refractivity contribution in [3.63, 3.8) is 0 Å². The molecule has 10 heteroatoms. The number of rotatable bonds is 6. The van der Waals surface area contributed by atoms with Crippen LogP contribution in [0.1, 0.15) is 45.2 Å². The number of carbonyl (C=O) groups is 3. The number of halogens is 1. The van der Waals surface area contributed by atoms with Crippen molar-refractivity contribution >= 4 is 55.6 Å². The summed E-state index contributed by atoms with van der Waals surface area (Å²) < 4.78 is 16.0. The molecule has 0 amide bonds. The minimum Gasteiger partial charge on any atom is -0.493 e. The van der Waals surface area contributed by atoms with Crippen molar-refractivity contribution in [2.24, 2.45) is 0 Å². The van der Waals surface area contributed by atoms with Crippen LogP contribution < -0.4 is 4.74 Å². The Hall–Kier alpha value is -3.14. The van der Waals surface area contributed by atoms with E-state index in [1.165, 1.54) is 7.11 Å². The topological polar surface area (TPSA) is 128 Å². The molecule has 152 valence electrons. The van der Waals surface area contributed by atoms with E-state index in [0.717, 1.165) is 6.07 Å². The first kappa shape index (κ1) is 20.6. The average Bonchev–Trinajstić information content (AvgIpc) is 3.13. The van der Waals surface area contributed by atoms with E-state index in [9.17, 15) is 19.5 Å². The summed E-state index contributed by atoms with van der Waals surface area (Å²) in [5.41, 5.74) is 0.328. The fourth-order valence-electron chi connectivity index (χ4n) is 3.00. The molecule has 0 unspecified atom stereocenters. The number of carboxylic acid groups (broad SMARTS) is 1. The number of hydrogen-bond acceptors (Lipinski definition) is 7. The van der Waals surface area contributed by atoms with Crippen LogP contribution in [-0.4, -0.2) is 53.3 Å². The lowest BCUT2D eigenvalue weighted by atomic mass is 10.0. The maximum atomic E-state index is 12.6. The van der Waals surface area contributed by atoms with Crippen LogP contribution in [0.5, 0.6) is 5.75 Å². The predicted molar refractivity (Wildman–Crippen MR) is 107 cm³/mol. The van der Waals surface area contributed by atoms with Gasteiger partial charge < -0.3 is 24.3 Å².